The SMILES string of the molecule is FC(F)(F)C1=CCN(CC2CCCCN2)CC1. The first-order chi connectivity index (χ1) is 8.05. The van der Waals surface area contributed by atoms with E-state index in [1.807, 2.05) is 0 Å². The molecule has 0 aromatic rings. The lowest BCUT2D eigenvalue weighted by Gasteiger charge is -2.32. The molecule has 2 heterocycles. The van der Waals surface area contributed by atoms with Crippen LogP contribution in [0.15, 0.2) is 11.6 Å². The molecule has 2 rings (SSSR count). The van der Waals surface area contributed by atoms with E-state index in [1.54, 1.807) is 0 Å². The Morgan fingerprint density at radius 2 is 2.18 bits per heavy atom. The Labute approximate surface area is 99.9 Å². The molecule has 0 bridgehead atoms. The first-order valence-corrected chi connectivity index (χ1v) is 6.27. The molecule has 2 aliphatic heterocycles. The highest BCUT2D eigenvalue weighted by Gasteiger charge is 2.34. The van der Waals surface area contributed by atoms with Crippen molar-refractivity contribution in [2.75, 3.05) is 26.2 Å². The molecule has 0 aliphatic carbocycles. The lowest BCUT2D eigenvalue weighted by atomic mass is 10.0. The van der Waals surface area contributed by atoms with E-state index in [9.17, 15) is 13.2 Å². The molecule has 2 nitrogen and oxygen atoms in total. The minimum Gasteiger partial charge on any atom is -0.313 e. The summed E-state index contributed by atoms with van der Waals surface area (Å²) in [7, 11) is 0. The van der Waals surface area contributed by atoms with Gasteiger partial charge < -0.3 is 5.32 Å². The predicted octanol–water partition coefficient (Wildman–Crippen LogP) is 2.32. The van der Waals surface area contributed by atoms with Crippen molar-refractivity contribution in [1.29, 1.82) is 0 Å². The highest BCUT2D eigenvalue weighted by molar-refractivity contribution is 5.13. The summed E-state index contributed by atoms with van der Waals surface area (Å²) >= 11 is 0. The van der Waals surface area contributed by atoms with E-state index < -0.39 is 6.18 Å². The summed E-state index contributed by atoms with van der Waals surface area (Å²) in [6, 6.07) is 0.463. The Hall–Kier alpha value is -0.550. The van der Waals surface area contributed by atoms with Crippen molar-refractivity contribution >= 4 is 0 Å². The van der Waals surface area contributed by atoms with Crippen molar-refractivity contribution in [3.05, 3.63) is 11.6 Å². The minimum absolute atomic E-state index is 0.135. The number of hydrogen-bond donors (Lipinski definition) is 1. The fourth-order valence-electron chi connectivity index (χ4n) is 2.53. The average Bonchev–Trinajstić information content (AvgIpc) is 2.30. The molecule has 1 fully saturated rings. The molecular formula is C12H19F3N2. The van der Waals surface area contributed by atoms with Gasteiger partial charge in [0.05, 0.1) is 0 Å². The van der Waals surface area contributed by atoms with Crippen molar-refractivity contribution in [3.8, 4) is 0 Å². The highest BCUT2D eigenvalue weighted by atomic mass is 19.4. The molecule has 0 aromatic heterocycles. The number of nitrogens with one attached hydrogen (secondary N) is 1. The third kappa shape index (κ3) is 3.71. The smallest absolute Gasteiger partial charge is 0.313 e. The Kier molecular flexibility index (Phi) is 4.09. The van der Waals surface area contributed by atoms with Gasteiger partial charge in [-0.05, 0) is 25.8 Å². The van der Waals surface area contributed by atoms with E-state index >= 15 is 0 Å². The number of nitrogens with zero attached hydrogens (tertiary/aromatic N) is 1. The van der Waals surface area contributed by atoms with E-state index in [2.05, 4.69) is 10.2 Å². The zero-order valence-electron chi connectivity index (χ0n) is 9.89. The molecule has 1 unspecified atom stereocenters. The summed E-state index contributed by atoms with van der Waals surface area (Å²) < 4.78 is 37.3. The maximum Gasteiger partial charge on any atom is 0.412 e. The van der Waals surface area contributed by atoms with E-state index in [0.717, 1.165) is 19.5 Å². The molecule has 2 aliphatic rings. The molecule has 0 amide bonds. The van der Waals surface area contributed by atoms with Crippen molar-refractivity contribution in [1.82, 2.24) is 10.2 Å². The average molecular weight is 248 g/mol. The lowest BCUT2D eigenvalue weighted by molar-refractivity contribution is -0.0960. The number of halogens is 3. The first kappa shape index (κ1) is 12.9. The van der Waals surface area contributed by atoms with Crippen molar-refractivity contribution in [2.45, 2.75) is 37.9 Å². The van der Waals surface area contributed by atoms with E-state index in [4.69, 9.17) is 0 Å². The second-order valence-corrected chi connectivity index (χ2v) is 4.88. The zero-order valence-corrected chi connectivity index (χ0v) is 9.89. The highest BCUT2D eigenvalue weighted by Crippen LogP contribution is 2.30. The van der Waals surface area contributed by atoms with Crippen LogP contribution in [0, 0.1) is 0 Å². The molecule has 5 heteroatoms. The molecule has 0 aromatic carbocycles. The van der Waals surface area contributed by atoms with Gasteiger partial charge in [0.1, 0.15) is 0 Å². The number of hydrogen-bond acceptors (Lipinski definition) is 2. The van der Waals surface area contributed by atoms with Gasteiger partial charge in [-0.3, -0.25) is 4.90 Å². The molecule has 0 spiro atoms. The number of alkyl halides is 3. The Morgan fingerprint density at radius 1 is 1.35 bits per heavy atom. The molecule has 1 N–H and O–H groups in total. The largest absolute Gasteiger partial charge is 0.412 e. The minimum atomic E-state index is -4.13. The fraction of sp³-hybridized carbons (Fsp3) is 0.833. The van der Waals surface area contributed by atoms with Crippen LogP contribution in [-0.2, 0) is 0 Å². The topological polar surface area (TPSA) is 15.3 Å². The lowest BCUT2D eigenvalue weighted by Crippen LogP contribution is -2.45. The number of rotatable bonds is 2. The summed E-state index contributed by atoms with van der Waals surface area (Å²) in [4.78, 5) is 2.11. The summed E-state index contributed by atoms with van der Waals surface area (Å²) in [6.07, 6.45) is 0.938. The van der Waals surface area contributed by atoms with Gasteiger partial charge in [0.15, 0.2) is 0 Å². The maximum atomic E-state index is 12.4. The molecule has 17 heavy (non-hydrogen) atoms. The van der Waals surface area contributed by atoms with Gasteiger partial charge in [-0.1, -0.05) is 12.5 Å². The first-order valence-electron chi connectivity index (χ1n) is 6.27. The monoisotopic (exact) mass is 248 g/mol. The zero-order chi connectivity index (χ0) is 12.3. The van der Waals surface area contributed by atoms with Crippen LogP contribution in [0.5, 0.6) is 0 Å². The van der Waals surface area contributed by atoms with Crippen molar-refractivity contribution in [3.63, 3.8) is 0 Å². The van der Waals surface area contributed by atoms with Crippen molar-refractivity contribution in [2.24, 2.45) is 0 Å². The molecule has 1 saturated heterocycles. The van der Waals surface area contributed by atoms with Crippen LogP contribution in [0.4, 0.5) is 13.2 Å². The molecule has 98 valence electrons. The van der Waals surface area contributed by atoms with Gasteiger partial charge in [0.2, 0.25) is 0 Å². The van der Waals surface area contributed by atoms with Crippen LogP contribution >= 0.6 is 0 Å². The van der Waals surface area contributed by atoms with Gasteiger partial charge >= 0.3 is 6.18 Å². The Morgan fingerprint density at radius 3 is 2.71 bits per heavy atom. The Balaban J connectivity index is 1.80. The summed E-state index contributed by atoms with van der Waals surface area (Å²) in [5, 5.41) is 3.42. The van der Waals surface area contributed by atoms with Gasteiger partial charge in [-0.25, -0.2) is 0 Å². The number of piperidine rings is 1. The second-order valence-electron chi connectivity index (χ2n) is 4.88. The van der Waals surface area contributed by atoms with Gasteiger partial charge in [-0.2, -0.15) is 13.2 Å². The molecule has 0 saturated carbocycles. The normalized spacial score (nSPS) is 27.9. The quantitative estimate of drug-likeness (QED) is 0.754. The Bertz CT molecular complexity index is 280. The predicted molar refractivity (Wildman–Crippen MR) is 60.8 cm³/mol. The van der Waals surface area contributed by atoms with Gasteiger partial charge in [0.25, 0.3) is 0 Å². The van der Waals surface area contributed by atoms with Crippen LogP contribution in [-0.4, -0.2) is 43.3 Å². The van der Waals surface area contributed by atoms with Crippen LogP contribution in [0.3, 0.4) is 0 Å². The summed E-state index contributed by atoms with van der Waals surface area (Å²) in [5.74, 6) is 0. The van der Waals surface area contributed by atoms with Crippen molar-refractivity contribution < 1.29 is 13.2 Å². The van der Waals surface area contributed by atoms with Crippen LogP contribution in [0.2, 0.25) is 0 Å². The summed E-state index contributed by atoms with van der Waals surface area (Å²) in [6.45, 7) is 2.89. The fourth-order valence-corrected chi connectivity index (χ4v) is 2.53. The third-order valence-electron chi connectivity index (χ3n) is 3.55. The molecule has 1 atom stereocenters. The van der Waals surface area contributed by atoms with Crippen LogP contribution in [0.25, 0.3) is 0 Å². The van der Waals surface area contributed by atoms with E-state index in [1.165, 1.54) is 18.9 Å². The molecular weight excluding hydrogens is 229 g/mol. The summed E-state index contributed by atoms with van der Waals surface area (Å²) in [5.41, 5.74) is -0.356. The van der Waals surface area contributed by atoms with E-state index in [-0.39, 0.29) is 12.0 Å². The van der Waals surface area contributed by atoms with Gasteiger partial charge in [-0.15, -0.1) is 0 Å². The van der Waals surface area contributed by atoms with Crippen LogP contribution < -0.4 is 5.32 Å². The standard InChI is InChI=1S/C12H19F3N2/c13-12(14,15)10-4-7-17(8-5-10)9-11-3-1-2-6-16-11/h4,11,16H,1-3,5-9H2. The van der Waals surface area contributed by atoms with E-state index in [0.29, 0.717) is 19.1 Å². The van der Waals surface area contributed by atoms with Gasteiger partial charge in [0, 0.05) is 31.2 Å². The molecule has 0 radical (unpaired) electrons. The third-order valence-corrected chi connectivity index (χ3v) is 3.55. The second kappa shape index (κ2) is 5.40. The van der Waals surface area contributed by atoms with Crippen LogP contribution in [0.1, 0.15) is 25.7 Å². The maximum absolute atomic E-state index is 12.4.